The van der Waals surface area contributed by atoms with Gasteiger partial charge in [-0.1, -0.05) is 0 Å². The summed E-state index contributed by atoms with van der Waals surface area (Å²) < 4.78 is 10.5. The van der Waals surface area contributed by atoms with Crippen LogP contribution in [-0.4, -0.2) is 56.8 Å². The lowest BCUT2D eigenvalue weighted by molar-refractivity contribution is 0.109. The zero-order valence-electron chi connectivity index (χ0n) is 8.33. The fourth-order valence-corrected chi connectivity index (χ4v) is 2.07. The van der Waals surface area contributed by atoms with Crippen LogP contribution in [0.15, 0.2) is 0 Å². The Balaban J connectivity index is 2.39. The second kappa shape index (κ2) is 5.81. The number of alkyl halides is 1. The van der Waals surface area contributed by atoms with Gasteiger partial charge in [-0.05, 0) is 6.42 Å². The SMILES string of the molecule is COC[C@@H]1C[C@@H](OC)CN1CCCl. The smallest absolute Gasteiger partial charge is 0.0714 e. The van der Waals surface area contributed by atoms with Gasteiger partial charge in [-0.25, -0.2) is 0 Å². The van der Waals surface area contributed by atoms with E-state index in [4.69, 9.17) is 21.1 Å². The van der Waals surface area contributed by atoms with Crippen LogP contribution < -0.4 is 0 Å². The molecule has 1 rings (SSSR count). The van der Waals surface area contributed by atoms with E-state index >= 15 is 0 Å². The van der Waals surface area contributed by atoms with Crippen molar-refractivity contribution >= 4 is 11.6 Å². The third-order valence-corrected chi connectivity index (χ3v) is 2.72. The fourth-order valence-electron chi connectivity index (χ4n) is 1.86. The van der Waals surface area contributed by atoms with Gasteiger partial charge in [0.2, 0.25) is 0 Å². The second-order valence-electron chi connectivity index (χ2n) is 3.39. The highest BCUT2D eigenvalue weighted by Crippen LogP contribution is 2.19. The summed E-state index contributed by atoms with van der Waals surface area (Å²) in [4.78, 5) is 2.34. The molecule has 3 nitrogen and oxygen atoms in total. The van der Waals surface area contributed by atoms with Gasteiger partial charge in [-0.2, -0.15) is 0 Å². The van der Waals surface area contributed by atoms with Crippen molar-refractivity contribution in [2.75, 3.05) is 39.8 Å². The Morgan fingerprint density at radius 2 is 2.23 bits per heavy atom. The van der Waals surface area contributed by atoms with Gasteiger partial charge in [0.25, 0.3) is 0 Å². The average molecular weight is 208 g/mol. The summed E-state index contributed by atoms with van der Waals surface area (Å²) >= 11 is 5.71. The first-order chi connectivity index (χ1) is 6.31. The predicted molar refractivity (Wildman–Crippen MR) is 53.4 cm³/mol. The standard InChI is InChI=1S/C9H18ClNO2/c1-12-7-8-5-9(13-2)6-11(8)4-3-10/h8-9H,3-7H2,1-2H3/t8-,9+/m0/s1. The number of likely N-dealkylation sites (tertiary alicyclic amines) is 1. The third kappa shape index (κ3) is 3.09. The molecule has 0 N–H and O–H groups in total. The zero-order chi connectivity index (χ0) is 9.68. The first-order valence-electron chi connectivity index (χ1n) is 4.63. The van der Waals surface area contributed by atoms with Gasteiger partial charge >= 0.3 is 0 Å². The molecule has 0 aromatic heterocycles. The normalized spacial score (nSPS) is 29.8. The Kier molecular flexibility index (Phi) is 5.02. The molecule has 2 atom stereocenters. The number of hydrogen-bond donors (Lipinski definition) is 0. The predicted octanol–water partition coefficient (Wildman–Crippen LogP) is 0.961. The molecular weight excluding hydrogens is 190 g/mol. The summed E-state index contributed by atoms with van der Waals surface area (Å²) in [6, 6.07) is 0.480. The van der Waals surface area contributed by atoms with Gasteiger partial charge < -0.3 is 9.47 Å². The van der Waals surface area contributed by atoms with Crippen molar-refractivity contribution in [3.8, 4) is 0 Å². The maximum Gasteiger partial charge on any atom is 0.0714 e. The molecule has 0 unspecified atom stereocenters. The van der Waals surface area contributed by atoms with Crippen LogP contribution in [-0.2, 0) is 9.47 Å². The number of ether oxygens (including phenoxy) is 2. The Labute approximate surface area is 84.9 Å². The van der Waals surface area contributed by atoms with Gasteiger partial charge in [-0.15, -0.1) is 11.6 Å². The van der Waals surface area contributed by atoms with Crippen molar-refractivity contribution in [2.24, 2.45) is 0 Å². The Morgan fingerprint density at radius 1 is 1.46 bits per heavy atom. The largest absolute Gasteiger partial charge is 0.383 e. The van der Waals surface area contributed by atoms with Crippen molar-refractivity contribution < 1.29 is 9.47 Å². The van der Waals surface area contributed by atoms with Crippen LogP contribution in [0.2, 0.25) is 0 Å². The van der Waals surface area contributed by atoms with Crippen LogP contribution in [0.25, 0.3) is 0 Å². The molecule has 0 radical (unpaired) electrons. The van der Waals surface area contributed by atoms with Crippen molar-refractivity contribution in [1.29, 1.82) is 0 Å². The Hall–Kier alpha value is 0.170. The topological polar surface area (TPSA) is 21.7 Å². The van der Waals surface area contributed by atoms with Gasteiger partial charge in [0, 0.05) is 39.2 Å². The molecule has 0 bridgehead atoms. The molecule has 1 aliphatic rings. The molecular formula is C9H18ClNO2. The molecule has 1 aliphatic heterocycles. The van der Waals surface area contributed by atoms with Crippen LogP contribution in [0.3, 0.4) is 0 Å². The first kappa shape index (κ1) is 11.2. The molecule has 1 fully saturated rings. The van der Waals surface area contributed by atoms with Crippen molar-refractivity contribution in [3.63, 3.8) is 0 Å². The number of hydrogen-bond acceptors (Lipinski definition) is 3. The molecule has 0 saturated carbocycles. The molecule has 0 spiro atoms. The highest BCUT2D eigenvalue weighted by Gasteiger charge is 2.31. The van der Waals surface area contributed by atoms with E-state index in [0.717, 1.165) is 26.1 Å². The van der Waals surface area contributed by atoms with Gasteiger partial charge in [0.05, 0.1) is 12.7 Å². The summed E-state index contributed by atoms with van der Waals surface area (Å²) in [5.74, 6) is 0.677. The van der Waals surface area contributed by atoms with Crippen LogP contribution in [0, 0.1) is 0 Å². The summed E-state index contributed by atoms with van der Waals surface area (Å²) in [6.07, 6.45) is 1.41. The molecule has 1 heterocycles. The van der Waals surface area contributed by atoms with Crippen molar-refractivity contribution in [1.82, 2.24) is 4.90 Å². The van der Waals surface area contributed by atoms with E-state index in [2.05, 4.69) is 4.90 Å². The molecule has 0 aromatic carbocycles. The highest BCUT2D eigenvalue weighted by molar-refractivity contribution is 6.18. The summed E-state index contributed by atoms with van der Waals surface area (Å²) in [6.45, 7) is 2.68. The van der Waals surface area contributed by atoms with Crippen molar-refractivity contribution in [3.05, 3.63) is 0 Å². The fraction of sp³-hybridized carbons (Fsp3) is 1.00. The van der Waals surface area contributed by atoms with Gasteiger partial charge in [0.1, 0.15) is 0 Å². The monoisotopic (exact) mass is 207 g/mol. The maximum atomic E-state index is 5.71. The van der Waals surface area contributed by atoms with Crippen LogP contribution >= 0.6 is 11.6 Å². The van der Waals surface area contributed by atoms with E-state index in [-0.39, 0.29) is 0 Å². The minimum absolute atomic E-state index is 0.350. The Morgan fingerprint density at radius 3 is 2.77 bits per heavy atom. The minimum Gasteiger partial charge on any atom is -0.383 e. The van der Waals surface area contributed by atoms with Gasteiger partial charge in [-0.3, -0.25) is 4.90 Å². The zero-order valence-corrected chi connectivity index (χ0v) is 9.09. The van der Waals surface area contributed by atoms with Crippen molar-refractivity contribution in [2.45, 2.75) is 18.6 Å². The highest BCUT2D eigenvalue weighted by atomic mass is 35.5. The number of methoxy groups -OCH3 is 2. The van der Waals surface area contributed by atoms with E-state index in [1.54, 1.807) is 14.2 Å². The molecule has 0 aliphatic carbocycles. The van der Waals surface area contributed by atoms with Crippen LogP contribution in [0.1, 0.15) is 6.42 Å². The molecule has 4 heteroatoms. The van der Waals surface area contributed by atoms with Crippen LogP contribution in [0.5, 0.6) is 0 Å². The quantitative estimate of drug-likeness (QED) is 0.627. The molecule has 0 amide bonds. The molecule has 13 heavy (non-hydrogen) atoms. The van der Waals surface area contributed by atoms with Crippen LogP contribution in [0.4, 0.5) is 0 Å². The summed E-state index contributed by atoms with van der Waals surface area (Å²) in [7, 11) is 3.50. The summed E-state index contributed by atoms with van der Waals surface area (Å²) in [5.41, 5.74) is 0. The van der Waals surface area contributed by atoms with E-state index in [1.165, 1.54) is 0 Å². The average Bonchev–Trinajstić information content (AvgIpc) is 2.50. The molecule has 78 valence electrons. The summed E-state index contributed by atoms with van der Waals surface area (Å²) in [5, 5.41) is 0. The second-order valence-corrected chi connectivity index (χ2v) is 3.76. The number of rotatable bonds is 5. The molecule has 0 aromatic rings. The molecule has 1 saturated heterocycles. The number of halogens is 1. The maximum absolute atomic E-state index is 5.71. The van der Waals surface area contributed by atoms with E-state index in [9.17, 15) is 0 Å². The number of nitrogens with zero attached hydrogens (tertiary/aromatic N) is 1. The third-order valence-electron chi connectivity index (χ3n) is 2.55. The first-order valence-corrected chi connectivity index (χ1v) is 5.17. The lowest BCUT2D eigenvalue weighted by atomic mass is 10.2. The minimum atomic E-state index is 0.350. The van der Waals surface area contributed by atoms with E-state index in [0.29, 0.717) is 18.0 Å². The lowest BCUT2D eigenvalue weighted by Gasteiger charge is -2.21. The van der Waals surface area contributed by atoms with E-state index in [1.807, 2.05) is 0 Å². The Bertz CT molecular complexity index is 132. The van der Waals surface area contributed by atoms with Gasteiger partial charge in [0.15, 0.2) is 0 Å². The van der Waals surface area contributed by atoms with E-state index < -0.39 is 0 Å². The lowest BCUT2D eigenvalue weighted by Crippen LogP contribution is -2.34.